The van der Waals surface area contributed by atoms with Gasteiger partial charge in [0.2, 0.25) is 0 Å². The van der Waals surface area contributed by atoms with Crippen molar-refractivity contribution in [3.63, 3.8) is 0 Å². The number of rotatable bonds is 4. The minimum atomic E-state index is 0.461. The van der Waals surface area contributed by atoms with Crippen LogP contribution >= 0.6 is 0 Å². The van der Waals surface area contributed by atoms with E-state index in [4.69, 9.17) is 4.74 Å². The highest BCUT2D eigenvalue weighted by Gasteiger charge is 2.30. The fourth-order valence-electron chi connectivity index (χ4n) is 5.04. The molecule has 5 rings (SSSR count). The van der Waals surface area contributed by atoms with Crippen molar-refractivity contribution in [3.8, 4) is 11.3 Å². The molecule has 2 fully saturated rings. The van der Waals surface area contributed by atoms with Crippen LogP contribution in [0.2, 0.25) is 0 Å². The van der Waals surface area contributed by atoms with E-state index in [2.05, 4.69) is 66.0 Å². The van der Waals surface area contributed by atoms with E-state index < -0.39 is 0 Å². The summed E-state index contributed by atoms with van der Waals surface area (Å²) in [6.45, 7) is 10.9. The molecule has 1 N–H and O–H groups in total. The van der Waals surface area contributed by atoms with Gasteiger partial charge in [-0.05, 0) is 80.1 Å². The van der Waals surface area contributed by atoms with Crippen molar-refractivity contribution >= 4 is 10.9 Å². The lowest BCUT2D eigenvalue weighted by molar-refractivity contribution is -0.0712. The van der Waals surface area contributed by atoms with E-state index in [1.807, 2.05) is 6.20 Å². The lowest BCUT2D eigenvalue weighted by Gasteiger charge is -2.41. The molecule has 3 aromatic rings. The molecule has 1 aromatic carbocycles. The molecule has 152 valence electrons. The van der Waals surface area contributed by atoms with E-state index in [1.54, 1.807) is 0 Å². The first kappa shape index (κ1) is 18.8. The monoisotopic (exact) mass is 389 g/mol. The Hall–Kier alpha value is -2.17. The summed E-state index contributed by atoms with van der Waals surface area (Å²) in [6, 6.07) is 12.1. The van der Waals surface area contributed by atoms with E-state index in [1.165, 1.54) is 59.2 Å². The van der Waals surface area contributed by atoms with Crippen LogP contribution in [0.1, 0.15) is 55.3 Å². The standard InChI is InChI=1S/C25H31N3O/c1-16(2)24-22-13-19(18-7-10-28(11-8-18)21-14-29-15-21)4-5-23(22)27-25(24)20-6-9-26-17(3)12-20/h4-6,9,12-13,16,18,21,27H,7-8,10-11,14-15H2,1-3H3. The van der Waals surface area contributed by atoms with Gasteiger partial charge in [0.1, 0.15) is 0 Å². The first-order valence-corrected chi connectivity index (χ1v) is 11.0. The highest BCUT2D eigenvalue weighted by molar-refractivity contribution is 5.92. The molecule has 4 heteroatoms. The Balaban J connectivity index is 1.47. The highest BCUT2D eigenvalue weighted by atomic mass is 16.5. The Morgan fingerprint density at radius 2 is 1.90 bits per heavy atom. The van der Waals surface area contributed by atoms with Crippen LogP contribution in [0.3, 0.4) is 0 Å². The number of nitrogens with zero attached hydrogens (tertiary/aromatic N) is 2. The minimum absolute atomic E-state index is 0.461. The zero-order valence-electron chi connectivity index (χ0n) is 17.7. The molecule has 29 heavy (non-hydrogen) atoms. The third-order valence-corrected chi connectivity index (χ3v) is 6.76. The summed E-state index contributed by atoms with van der Waals surface area (Å²) in [5.74, 6) is 1.13. The van der Waals surface area contributed by atoms with Crippen molar-refractivity contribution in [2.45, 2.75) is 51.5 Å². The Morgan fingerprint density at radius 1 is 1.10 bits per heavy atom. The fourth-order valence-corrected chi connectivity index (χ4v) is 5.04. The lowest BCUT2D eigenvalue weighted by Crippen LogP contribution is -2.51. The number of pyridine rings is 1. The third-order valence-electron chi connectivity index (χ3n) is 6.76. The van der Waals surface area contributed by atoms with Crippen molar-refractivity contribution in [1.29, 1.82) is 0 Å². The van der Waals surface area contributed by atoms with Crippen LogP contribution in [-0.2, 0) is 4.74 Å². The maximum atomic E-state index is 5.38. The second kappa shape index (κ2) is 7.58. The number of hydrogen-bond acceptors (Lipinski definition) is 3. The molecule has 2 aliphatic rings. The quantitative estimate of drug-likeness (QED) is 0.663. The summed E-state index contributed by atoms with van der Waals surface area (Å²) in [5, 5.41) is 1.39. The number of aromatic amines is 1. The number of likely N-dealkylation sites (tertiary alicyclic amines) is 1. The van der Waals surface area contributed by atoms with Gasteiger partial charge in [0.15, 0.2) is 0 Å². The maximum absolute atomic E-state index is 5.38. The molecular weight excluding hydrogens is 358 g/mol. The number of aromatic nitrogens is 2. The number of fused-ring (bicyclic) bond motifs is 1. The summed E-state index contributed by atoms with van der Waals surface area (Å²) in [6.07, 6.45) is 4.41. The van der Waals surface area contributed by atoms with E-state index in [0.29, 0.717) is 17.9 Å². The molecule has 0 spiro atoms. The number of piperidine rings is 1. The van der Waals surface area contributed by atoms with Gasteiger partial charge in [0, 0.05) is 28.4 Å². The van der Waals surface area contributed by atoms with Gasteiger partial charge in [-0.3, -0.25) is 9.88 Å². The largest absolute Gasteiger partial charge is 0.378 e. The first-order chi connectivity index (χ1) is 14.1. The molecule has 0 atom stereocenters. The average Bonchev–Trinajstić information content (AvgIpc) is 3.06. The van der Waals surface area contributed by atoms with Crippen LogP contribution in [0.15, 0.2) is 36.5 Å². The van der Waals surface area contributed by atoms with Crippen LogP contribution in [-0.4, -0.2) is 47.2 Å². The molecule has 0 bridgehead atoms. The normalized spacial score (nSPS) is 19.2. The molecule has 0 radical (unpaired) electrons. The Labute approximate surface area is 173 Å². The van der Waals surface area contributed by atoms with E-state index in [0.717, 1.165) is 18.9 Å². The number of benzene rings is 1. The van der Waals surface area contributed by atoms with Crippen molar-refractivity contribution < 1.29 is 4.74 Å². The number of H-pyrrole nitrogens is 1. The summed E-state index contributed by atoms with van der Waals surface area (Å²) in [7, 11) is 0. The predicted octanol–water partition coefficient (Wildman–Crippen LogP) is 5.24. The van der Waals surface area contributed by atoms with Crippen LogP contribution in [0.25, 0.3) is 22.2 Å². The molecule has 0 unspecified atom stereocenters. The van der Waals surface area contributed by atoms with Gasteiger partial charge < -0.3 is 9.72 Å². The van der Waals surface area contributed by atoms with E-state index in [9.17, 15) is 0 Å². The van der Waals surface area contributed by atoms with Crippen molar-refractivity contribution in [1.82, 2.24) is 14.9 Å². The van der Waals surface area contributed by atoms with Crippen molar-refractivity contribution in [3.05, 3.63) is 53.3 Å². The SMILES string of the molecule is Cc1cc(-c2[nH]c3ccc(C4CCN(C5COC5)CC4)cc3c2C(C)C)ccn1. The Kier molecular flexibility index (Phi) is 4.92. The fraction of sp³-hybridized carbons (Fsp3) is 0.480. The average molecular weight is 390 g/mol. The summed E-state index contributed by atoms with van der Waals surface area (Å²) in [5.41, 5.74) is 7.70. The second-order valence-electron chi connectivity index (χ2n) is 9.06. The zero-order valence-corrected chi connectivity index (χ0v) is 17.7. The number of hydrogen-bond donors (Lipinski definition) is 1. The van der Waals surface area contributed by atoms with Crippen LogP contribution < -0.4 is 0 Å². The lowest BCUT2D eigenvalue weighted by atomic mass is 9.87. The van der Waals surface area contributed by atoms with E-state index >= 15 is 0 Å². The molecule has 0 amide bonds. The Bertz CT molecular complexity index is 1010. The van der Waals surface area contributed by atoms with Gasteiger partial charge in [0.05, 0.1) is 24.9 Å². The summed E-state index contributed by atoms with van der Waals surface area (Å²) in [4.78, 5) is 10.7. The smallest absolute Gasteiger partial charge is 0.0645 e. The molecule has 2 saturated heterocycles. The van der Waals surface area contributed by atoms with Crippen LogP contribution in [0.4, 0.5) is 0 Å². The van der Waals surface area contributed by atoms with E-state index in [-0.39, 0.29) is 0 Å². The Morgan fingerprint density at radius 3 is 2.55 bits per heavy atom. The highest BCUT2D eigenvalue weighted by Crippen LogP contribution is 2.38. The summed E-state index contributed by atoms with van der Waals surface area (Å²) < 4.78 is 5.38. The number of nitrogens with one attached hydrogen (secondary N) is 1. The molecule has 0 aliphatic carbocycles. The van der Waals surface area contributed by atoms with Gasteiger partial charge in [-0.25, -0.2) is 0 Å². The summed E-state index contributed by atoms with van der Waals surface area (Å²) >= 11 is 0. The second-order valence-corrected chi connectivity index (χ2v) is 9.06. The molecule has 4 nitrogen and oxygen atoms in total. The number of aryl methyl sites for hydroxylation is 1. The van der Waals surface area contributed by atoms with Crippen molar-refractivity contribution in [2.24, 2.45) is 0 Å². The zero-order chi connectivity index (χ0) is 20.0. The molecule has 0 saturated carbocycles. The van der Waals surface area contributed by atoms with Gasteiger partial charge in [-0.15, -0.1) is 0 Å². The molecule has 2 aromatic heterocycles. The minimum Gasteiger partial charge on any atom is -0.378 e. The molecule has 2 aliphatic heterocycles. The van der Waals surface area contributed by atoms with Gasteiger partial charge >= 0.3 is 0 Å². The van der Waals surface area contributed by atoms with Crippen LogP contribution in [0.5, 0.6) is 0 Å². The molecular formula is C25H31N3O. The van der Waals surface area contributed by atoms with Gasteiger partial charge in [-0.2, -0.15) is 0 Å². The molecule has 4 heterocycles. The van der Waals surface area contributed by atoms with Gasteiger partial charge in [0.25, 0.3) is 0 Å². The first-order valence-electron chi connectivity index (χ1n) is 11.0. The number of ether oxygens (including phenoxy) is 1. The third kappa shape index (κ3) is 3.49. The predicted molar refractivity (Wildman–Crippen MR) is 119 cm³/mol. The van der Waals surface area contributed by atoms with Crippen LogP contribution in [0, 0.1) is 6.92 Å². The van der Waals surface area contributed by atoms with Gasteiger partial charge in [-0.1, -0.05) is 19.9 Å². The maximum Gasteiger partial charge on any atom is 0.0645 e. The topological polar surface area (TPSA) is 41.2 Å². The van der Waals surface area contributed by atoms with Crippen molar-refractivity contribution in [2.75, 3.05) is 26.3 Å².